The SMILES string of the molecule is CN1CCC(C2CNCCN2C=O)CC1. The molecule has 2 rings (SSSR count). The lowest BCUT2D eigenvalue weighted by Crippen LogP contribution is -2.55. The number of piperazine rings is 1. The molecule has 2 heterocycles. The topological polar surface area (TPSA) is 35.6 Å². The predicted octanol–water partition coefficient (Wildman–Crippen LogP) is -0.242. The maximum absolute atomic E-state index is 11.0. The molecule has 0 aromatic rings. The molecule has 1 atom stereocenters. The predicted molar refractivity (Wildman–Crippen MR) is 59.6 cm³/mol. The van der Waals surface area contributed by atoms with Crippen LogP contribution in [0.2, 0.25) is 0 Å². The Bertz CT molecular complexity index is 214. The molecule has 0 bridgehead atoms. The summed E-state index contributed by atoms with van der Waals surface area (Å²) in [5.41, 5.74) is 0. The third-order valence-corrected chi connectivity index (χ3v) is 3.77. The van der Waals surface area contributed by atoms with Gasteiger partial charge in [0.2, 0.25) is 6.41 Å². The van der Waals surface area contributed by atoms with E-state index >= 15 is 0 Å². The molecule has 2 aliphatic rings. The second-order valence-corrected chi connectivity index (χ2v) is 4.76. The minimum atomic E-state index is 0.435. The highest BCUT2D eigenvalue weighted by Gasteiger charge is 2.30. The van der Waals surface area contributed by atoms with Gasteiger partial charge in [-0.2, -0.15) is 0 Å². The zero-order valence-electron chi connectivity index (χ0n) is 9.48. The van der Waals surface area contributed by atoms with Gasteiger partial charge in [0.1, 0.15) is 0 Å². The minimum Gasteiger partial charge on any atom is -0.339 e. The van der Waals surface area contributed by atoms with Crippen LogP contribution in [0.25, 0.3) is 0 Å². The Balaban J connectivity index is 1.92. The van der Waals surface area contributed by atoms with Crippen LogP contribution in [0.15, 0.2) is 0 Å². The van der Waals surface area contributed by atoms with Crippen molar-refractivity contribution in [3.8, 4) is 0 Å². The standard InChI is InChI=1S/C11H21N3O/c1-13-5-2-10(3-6-13)11-8-12-4-7-14(11)9-15/h9-12H,2-8H2,1H3. The lowest BCUT2D eigenvalue weighted by Gasteiger charge is -2.41. The molecule has 2 saturated heterocycles. The van der Waals surface area contributed by atoms with Crippen molar-refractivity contribution < 1.29 is 4.79 Å². The van der Waals surface area contributed by atoms with Crippen LogP contribution in [0.1, 0.15) is 12.8 Å². The Morgan fingerprint density at radius 1 is 1.27 bits per heavy atom. The lowest BCUT2D eigenvalue weighted by atomic mass is 9.88. The number of piperidine rings is 1. The zero-order chi connectivity index (χ0) is 10.7. The van der Waals surface area contributed by atoms with E-state index < -0.39 is 0 Å². The van der Waals surface area contributed by atoms with Gasteiger partial charge < -0.3 is 15.1 Å². The summed E-state index contributed by atoms with van der Waals surface area (Å²) in [6.45, 7) is 5.15. The second kappa shape index (κ2) is 4.94. The van der Waals surface area contributed by atoms with Gasteiger partial charge in [-0.1, -0.05) is 0 Å². The number of rotatable bonds is 2. The van der Waals surface area contributed by atoms with Gasteiger partial charge in [0.25, 0.3) is 0 Å². The Morgan fingerprint density at radius 2 is 2.00 bits per heavy atom. The zero-order valence-corrected chi connectivity index (χ0v) is 9.48. The molecule has 86 valence electrons. The van der Waals surface area contributed by atoms with Gasteiger partial charge in [0.15, 0.2) is 0 Å². The molecule has 1 unspecified atom stereocenters. The molecule has 1 amide bonds. The number of likely N-dealkylation sites (tertiary alicyclic amines) is 1. The van der Waals surface area contributed by atoms with Crippen molar-refractivity contribution in [2.24, 2.45) is 5.92 Å². The first-order valence-electron chi connectivity index (χ1n) is 5.91. The van der Waals surface area contributed by atoms with E-state index in [1.165, 1.54) is 25.9 Å². The number of amides is 1. The molecule has 0 aromatic heterocycles. The Labute approximate surface area is 91.6 Å². The molecular formula is C11H21N3O. The van der Waals surface area contributed by atoms with Crippen molar-refractivity contribution in [2.75, 3.05) is 39.8 Å². The van der Waals surface area contributed by atoms with Crippen LogP contribution in [-0.4, -0.2) is 62.0 Å². The molecule has 2 fully saturated rings. The van der Waals surface area contributed by atoms with Crippen LogP contribution in [0.4, 0.5) is 0 Å². The summed E-state index contributed by atoms with van der Waals surface area (Å²) in [5, 5.41) is 3.39. The summed E-state index contributed by atoms with van der Waals surface area (Å²) >= 11 is 0. The fourth-order valence-corrected chi connectivity index (χ4v) is 2.72. The van der Waals surface area contributed by atoms with Gasteiger partial charge >= 0.3 is 0 Å². The largest absolute Gasteiger partial charge is 0.339 e. The molecule has 0 saturated carbocycles. The third-order valence-electron chi connectivity index (χ3n) is 3.77. The van der Waals surface area contributed by atoms with E-state index in [2.05, 4.69) is 17.3 Å². The quantitative estimate of drug-likeness (QED) is 0.640. The number of nitrogens with zero attached hydrogens (tertiary/aromatic N) is 2. The normalized spacial score (nSPS) is 30.5. The molecule has 15 heavy (non-hydrogen) atoms. The van der Waals surface area contributed by atoms with Crippen LogP contribution < -0.4 is 5.32 Å². The first-order chi connectivity index (χ1) is 7.31. The van der Waals surface area contributed by atoms with E-state index in [4.69, 9.17) is 0 Å². The molecule has 0 aromatic carbocycles. The lowest BCUT2D eigenvalue weighted by molar-refractivity contribution is -0.122. The van der Waals surface area contributed by atoms with Gasteiger partial charge in [-0.3, -0.25) is 4.79 Å². The van der Waals surface area contributed by atoms with Gasteiger partial charge in [0, 0.05) is 25.7 Å². The summed E-state index contributed by atoms with van der Waals surface area (Å²) in [6.07, 6.45) is 3.49. The van der Waals surface area contributed by atoms with Crippen LogP contribution >= 0.6 is 0 Å². The van der Waals surface area contributed by atoms with Crippen LogP contribution in [0, 0.1) is 5.92 Å². The van der Waals surface area contributed by atoms with Gasteiger partial charge in [-0.15, -0.1) is 0 Å². The molecule has 0 aliphatic carbocycles. The summed E-state index contributed by atoms with van der Waals surface area (Å²) in [4.78, 5) is 15.3. The Hall–Kier alpha value is -0.610. The fourth-order valence-electron chi connectivity index (χ4n) is 2.72. The van der Waals surface area contributed by atoms with Gasteiger partial charge in [-0.25, -0.2) is 0 Å². The Kier molecular flexibility index (Phi) is 3.59. The first kappa shape index (κ1) is 10.9. The van der Waals surface area contributed by atoms with Crippen molar-refractivity contribution in [1.29, 1.82) is 0 Å². The summed E-state index contributed by atoms with van der Waals surface area (Å²) in [5.74, 6) is 0.694. The molecular weight excluding hydrogens is 190 g/mol. The number of carbonyl (C=O) groups is 1. The number of nitrogens with one attached hydrogen (secondary N) is 1. The average Bonchev–Trinajstić information content (AvgIpc) is 2.30. The number of hydrogen-bond acceptors (Lipinski definition) is 3. The monoisotopic (exact) mass is 211 g/mol. The minimum absolute atomic E-state index is 0.435. The highest BCUT2D eigenvalue weighted by molar-refractivity contribution is 5.48. The highest BCUT2D eigenvalue weighted by atomic mass is 16.1. The van der Waals surface area contributed by atoms with E-state index in [9.17, 15) is 4.79 Å². The summed E-state index contributed by atoms with van der Waals surface area (Å²) in [6, 6.07) is 0.435. The van der Waals surface area contributed by atoms with E-state index in [1.807, 2.05) is 4.90 Å². The van der Waals surface area contributed by atoms with Gasteiger partial charge in [0.05, 0.1) is 0 Å². The van der Waals surface area contributed by atoms with Crippen LogP contribution in [0.5, 0.6) is 0 Å². The number of carbonyl (C=O) groups excluding carboxylic acids is 1. The summed E-state index contributed by atoms with van der Waals surface area (Å²) < 4.78 is 0. The van der Waals surface area contributed by atoms with Crippen molar-refractivity contribution in [3.63, 3.8) is 0 Å². The van der Waals surface area contributed by atoms with Crippen molar-refractivity contribution in [1.82, 2.24) is 15.1 Å². The van der Waals surface area contributed by atoms with E-state index in [1.54, 1.807) is 0 Å². The van der Waals surface area contributed by atoms with Crippen molar-refractivity contribution in [2.45, 2.75) is 18.9 Å². The smallest absolute Gasteiger partial charge is 0.210 e. The van der Waals surface area contributed by atoms with Crippen molar-refractivity contribution in [3.05, 3.63) is 0 Å². The molecule has 1 N–H and O–H groups in total. The van der Waals surface area contributed by atoms with E-state index in [0.717, 1.165) is 26.0 Å². The fraction of sp³-hybridized carbons (Fsp3) is 0.909. The molecule has 2 aliphatic heterocycles. The highest BCUT2D eigenvalue weighted by Crippen LogP contribution is 2.23. The van der Waals surface area contributed by atoms with E-state index in [0.29, 0.717) is 12.0 Å². The molecule has 4 nitrogen and oxygen atoms in total. The second-order valence-electron chi connectivity index (χ2n) is 4.76. The van der Waals surface area contributed by atoms with Crippen molar-refractivity contribution >= 4 is 6.41 Å². The first-order valence-corrected chi connectivity index (χ1v) is 5.91. The molecule has 4 heteroatoms. The number of hydrogen-bond donors (Lipinski definition) is 1. The van der Waals surface area contributed by atoms with Crippen LogP contribution in [-0.2, 0) is 4.79 Å². The average molecular weight is 211 g/mol. The van der Waals surface area contributed by atoms with E-state index in [-0.39, 0.29) is 0 Å². The maximum atomic E-state index is 11.0. The third kappa shape index (κ3) is 2.49. The molecule has 0 radical (unpaired) electrons. The summed E-state index contributed by atoms with van der Waals surface area (Å²) in [7, 11) is 2.17. The van der Waals surface area contributed by atoms with Crippen LogP contribution in [0.3, 0.4) is 0 Å². The maximum Gasteiger partial charge on any atom is 0.210 e. The molecule has 0 spiro atoms. The Morgan fingerprint density at radius 3 is 2.67 bits per heavy atom. The van der Waals surface area contributed by atoms with Gasteiger partial charge in [-0.05, 0) is 38.9 Å².